The minimum atomic E-state index is -3.59. The number of hydrogen-bond acceptors (Lipinski definition) is 7. The van der Waals surface area contributed by atoms with E-state index in [4.69, 9.17) is 5.84 Å². The van der Waals surface area contributed by atoms with Crippen LogP contribution in [0.1, 0.15) is 5.69 Å². The van der Waals surface area contributed by atoms with Crippen molar-refractivity contribution >= 4 is 27.2 Å². The smallest absolute Gasteiger partial charge is 0.241 e. The predicted molar refractivity (Wildman–Crippen MR) is 68.2 cm³/mol. The van der Waals surface area contributed by atoms with Crippen LogP contribution in [0.25, 0.3) is 0 Å². The van der Waals surface area contributed by atoms with Gasteiger partial charge in [0.15, 0.2) is 0 Å². The third-order valence-electron chi connectivity index (χ3n) is 2.12. The SMILES string of the molecule is NNc1cc(S(=O)(=O)NCc2cscn2)ccn1. The molecule has 0 unspecified atom stereocenters. The second-order valence-electron chi connectivity index (χ2n) is 3.33. The van der Waals surface area contributed by atoms with Crippen molar-refractivity contribution in [1.82, 2.24) is 14.7 Å². The Bertz CT molecular complexity index is 612. The largest absolute Gasteiger partial charge is 0.308 e. The number of hydrogen-bond donors (Lipinski definition) is 3. The predicted octanol–water partition coefficient (Wildman–Crippen LogP) is 0.302. The minimum Gasteiger partial charge on any atom is -0.308 e. The summed E-state index contributed by atoms with van der Waals surface area (Å²) in [7, 11) is -3.59. The number of nitrogen functional groups attached to an aromatic ring is 1. The van der Waals surface area contributed by atoms with E-state index in [1.165, 1.54) is 29.7 Å². The molecule has 0 saturated carbocycles. The maximum atomic E-state index is 12.0. The van der Waals surface area contributed by atoms with E-state index in [9.17, 15) is 8.42 Å². The van der Waals surface area contributed by atoms with Gasteiger partial charge in [0, 0.05) is 17.6 Å². The van der Waals surface area contributed by atoms with Crippen LogP contribution in [0.4, 0.5) is 5.82 Å². The van der Waals surface area contributed by atoms with E-state index >= 15 is 0 Å². The van der Waals surface area contributed by atoms with Gasteiger partial charge in [0.05, 0.1) is 22.6 Å². The lowest BCUT2D eigenvalue weighted by atomic mass is 10.5. The average molecular weight is 285 g/mol. The Morgan fingerprint density at radius 3 is 2.89 bits per heavy atom. The first-order valence-electron chi connectivity index (χ1n) is 4.91. The molecule has 2 aromatic heterocycles. The average Bonchev–Trinajstić information content (AvgIpc) is 2.90. The molecule has 96 valence electrons. The molecule has 0 aromatic carbocycles. The fourth-order valence-electron chi connectivity index (χ4n) is 1.23. The molecular formula is C9H11N5O2S2. The van der Waals surface area contributed by atoms with Crippen LogP contribution in [0, 0.1) is 0 Å². The molecule has 0 aliphatic carbocycles. The molecule has 18 heavy (non-hydrogen) atoms. The summed E-state index contributed by atoms with van der Waals surface area (Å²) in [6.07, 6.45) is 1.37. The highest BCUT2D eigenvalue weighted by Crippen LogP contribution is 2.12. The van der Waals surface area contributed by atoms with Crippen LogP contribution < -0.4 is 16.0 Å². The standard InChI is InChI=1S/C9H11N5O2S2/c10-14-9-3-8(1-2-11-9)18(15,16)13-4-7-5-17-6-12-7/h1-3,5-6,13H,4,10H2,(H,11,14). The normalized spacial score (nSPS) is 11.4. The Morgan fingerprint density at radius 1 is 1.39 bits per heavy atom. The summed E-state index contributed by atoms with van der Waals surface area (Å²) in [6.45, 7) is 0.152. The zero-order valence-electron chi connectivity index (χ0n) is 9.20. The molecule has 4 N–H and O–H groups in total. The second-order valence-corrected chi connectivity index (χ2v) is 5.81. The van der Waals surface area contributed by atoms with Gasteiger partial charge in [0.1, 0.15) is 5.82 Å². The Balaban J connectivity index is 2.14. The fraction of sp³-hybridized carbons (Fsp3) is 0.111. The van der Waals surface area contributed by atoms with Gasteiger partial charge in [0.2, 0.25) is 10.0 Å². The van der Waals surface area contributed by atoms with Crippen LogP contribution in [-0.4, -0.2) is 18.4 Å². The maximum absolute atomic E-state index is 12.0. The van der Waals surface area contributed by atoms with Gasteiger partial charge in [-0.25, -0.2) is 29.0 Å². The summed E-state index contributed by atoms with van der Waals surface area (Å²) in [4.78, 5) is 7.93. The van der Waals surface area contributed by atoms with Crippen LogP contribution in [0.15, 0.2) is 34.1 Å². The van der Waals surface area contributed by atoms with Crippen molar-refractivity contribution in [3.05, 3.63) is 34.9 Å². The number of nitrogens with one attached hydrogen (secondary N) is 2. The van der Waals surface area contributed by atoms with Crippen LogP contribution in [-0.2, 0) is 16.6 Å². The fourth-order valence-corrected chi connectivity index (χ4v) is 2.80. The van der Waals surface area contributed by atoms with Gasteiger partial charge in [-0.05, 0) is 6.07 Å². The van der Waals surface area contributed by atoms with Crippen molar-refractivity contribution in [2.75, 3.05) is 5.43 Å². The molecule has 0 saturated heterocycles. The number of pyridine rings is 1. The minimum absolute atomic E-state index is 0.0979. The lowest BCUT2D eigenvalue weighted by molar-refractivity contribution is 0.580. The van der Waals surface area contributed by atoms with Gasteiger partial charge in [0.25, 0.3) is 0 Å². The van der Waals surface area contributed by atoms with Crippen LogP contribution in [0.5, 0.6) is 0 Å². The number of anilines is 1. The first kappa shape index (κ1) is 12.9. The number of rotatable bonds is 5. The number of hydrazine groups is 1. The zero-order valence-corrected chi connectivity index (χ0v) is 10.8. The summed E-state index contributed by atoms with van der Waals surface area (Å²) in [6, 6.07) is 2.74. The van der Waals surface area contributed by atoms with E-state index in [0.717, 1.165) is 0 Å². The maximum Gasteiger partial charge on any atom is 0.241 e. The molecule has 7 nitrogen and oxygen atoms in total. The second kappa shape index (κ2) is 5.40. The quantitative estimate of drug-likeness (QED) is 0.538. The monoisotopic (exact) mass is 285 g/mol. The molecule has 0 amide bonds. The molecule has 2 heterocycles. The van der Waals surface area contributed by atoms with Crippen LogP contribution in [0.2, 0.25) is 0 Å². The number of nitrogens with two attached hydrogens (primary N) is 1. The molecule has 0 spiro atoms. The van der Waals surface area contributed by atoms with Crippen molar-refractivity contribution < 1.29 is 8.42 Å². The van der Waals surface area contributed by atoms with E-state index < -0.39 is 10.0 Å². The van der Waals surface area contributed by atoms with Gasteiger partial charge in [-0.2, -0.15) is 0 Å². The van der Waals surface area contributed by atoms with Gasteiger partial charge < -0.3 is 5.43 Å². The highest BCUT2D eigenvalue weighted by Gasteiger charge is 2.14. The number of sulfonamides is 1. The molecule has 2 aromatic rings. The summed E-state index contributed by atoms with van der Waals surface area (Å²) >= 11 is 1.41. The lowest BCUT2D eigenvalue weighted by Crippen LogP contribution is -2.23. The summed E-state index contributed by atoms with van der Waals surface area (Å²) in [5, 5.41) is 1.78. The third kappa shape index (κ3) is 3.01. The van der Waals surface area contributed by atoms with Crippen molar-refractivity contribution in [2.24, 2.45) is 5.84 Å². The highest BCUT2D eigenvalue weighted by atomic mass is 32.2. The molecular weight excluding hydrogens is 274 g/mol. The summed E-state index contributed by atoms with van der Waals surface area (Å²) < 4.78 is 26.4. The highest BCUT2D eigenvalue weighted by molar-refractivity contribution is 7.89. The van der Waals surface area contributed by atoms with E-state index in [2.05, 4.69) is 20.1 Å². The van der Waals surface area contributed by atoms with E-state index in [-0.39, 0.29) is 17.3 Å². The van der Waals surface area contributed by atoms with Crippen molar-refractivity contribution in [1.29, 1.82) is 0 Å². The van der Waals surface area contributed by atoms with Gasteiger partial charge in [-0.3, -0.25) is 0 Å². The van der Waals surface area contributed by atoms with E-state index in [0.29, 0.717) is 5.69 Å². The molecule has 0 aliphatic rings. The Kier molecular flexibility index (Phi) is 3.87. The number of aromatic nitrogens is 2. The van der Waals surface area contributed by atoms with Crippen LogP contribution >= 0.6 is 11.3 Å². The van der Waals surface area contributed by atoms with Gasteiger partial charge in [-0.1, -0.05) is 0 Å². The summed E-state index contributed by atoms with van der Waals surface area (Å²) in [5.74, 6) is 5.46. The van der Waals surface area contributed by atoms with E-state index in [1.54, 1.807) is 10.9 Å². The Labute approximate surface area is 108 Å². The zero-order chi connectivity index (χ0) is 13.0. The Hall–Kier alpha value is -1.55. The molecule has 0 fully saturated rings. The Morgan fingerprint density at radius 2 is 2.22 bits per heavy atom. The molecule has 9 heteroatoms. The van der Waals surface area contributed by atoms with Gasteiger partial charge >= 0.3 is 0 Å². The topological polar surface area (TPSA) is 110 Å². The molecule has 0 radical (unpaired) electrons. The third-order valence-corrected chi connectivity index (χ3v) is 4.15. The summed E-state index contributed by atoms with van der Waals surface area (Å²) in [5.41, 5.74) is 4.62. The first-order valence-corrected chi connectivity index (χ1v) is 7.34. The molecule has 0 atom stereocenters. The van der Waals surface area contributed by atoms with Gasteiger partial charge in [-0.15, -0.1) is 11.3 Å². The molecule has 0 aliphatic heterocycles. The van der Waals surface area contributed by atoms with Crippen molar-refractivity contribution in [3.63, 3.8) is 0 Å². The number of thiazole rings is 1. The number of nitrogens with zero attached hydrogens (tertiary/aromatic N) is 2. The van der Waals surface area contributed by atoms with Crippen molar-refractivity contribution in [3.8, 4) is 0 Å². The molecule has 2 rings (SSSR count). The van der Waals surface area contributed by atoms with Crippen molar-refractivity contribution in [2.45, 2.75) is 11.4 Å². The lowest BCUT2D eigenvalue weighted by Gasteiger charge is -2.06. The van der Waals surface area contributed by atoms with Crippen LogP contribution in [0.3, 0.4) is 0 Å². The van der Waals surface area contributed by atoms with E-state index in [1.807, 2.05) is 0 Å². The molecule has 0 bridgehead atoms. The first-order chi connectivity index (χ1) is 8.62.